The van der Waals surface area contributed by atoms with Crippen LogP contribution in [-0.2, 0) is 6.54 Å². The van der Waals surface area contributed by atoms with Gasteiger partial charge in [0.2, 0.25) is 5.88 Å². The highest BCUT2D eigenvalue weighted by Gasteiger charge is 2.22. The molecule has 3 rings (SSSR count). The average molecular weight is 562 g/mol. The van der Waals surface area contributed by atoms with E-state index >= 15 is 0 Å². The highest BCUT2D eigenvalue weighted by Crippen LogP contribution is 2.29. The van der Waals surface area contributed by atoms with Gasteiger partial charge >= 0.3 is 6.61 Å². The number of rotatable bonds is 11. The van der Waals surface area contributed by atoms with Crippen LogP contribution in [0, 0.1) is 5.92 Å². The van der Waals surface area contributed by atoms with Crippen molar-refractivity contribution in [2.75, 3.05) is 19.7 Å². The van der Waals surface area contributed by atoms with Gasteiger partial charge in [0, 0.05) is 25.4 Å². The van der Waals surface area contributed by atoms with Crippen LogP contribution in [0.3, 0.4) is 0 Å². The average Bonchev–Trinajstić information content (AvgIpc) is 3.59. The van der Waals surface area contributed by atoms with Crippen molar-refractivity contribution in [3.8, 4) is 11.6 Å². The molecule has 1 heterocycles. The number of alkyl halides is 2. The number of aliphatic imine (C=N–C) groups is 1. The molecule has 1 saturated carbocycles. The summed E-state index contributed by atoms with van der Waals surface area (Å²) in [5, 5.41) is 16.6. The van der Waals surface area contributed by atoms with Crippen LogP contribution in [0.2, 0.25) is 0 Å². The first-order valence-corrected chi connectivity index (χ1v) is 10.4. The van der Waals surface area contributed by atoms with Crippen LogP contribution in [0.15, 0.2) is 47.6 Å². The van der Waals surface area contributed by atoms with E-state index in [0.29, 0.717) is 36.4 Å². The second-order valence-electron chi connectivity index (χ2n) is 7.30. The van der Waals surface area contributed by atoms with Gasteiger partial charge in [0.25, 0.3) is 0 Å². The van der Waals surface area contributed by atoms with Gasteiger partial charge in [-0.1, -0.05) is 18.2 Å². The molecule has 10 heteroatoms. The highest BCUT2D eigenvalue weighted by molar-refractivity contribution is 14.0. The van der Waals surface area contributed by atoms with Crippen LogP contribution in [0.5, 0.6) is 11.6 Å². The number of hydrogen-bond acceptors (Lipinski definition) is 5. The third-order valence-electron chi connectivity index (χ3n) is 4.68. The summed E-state index contributed by atoms with van der Waals surface area (Å²) in [4.78, 5) is 8.82. The molecule has 1 aromatic carbocycles. The lowest BCUT2D eigenvalue weighted by molar-refractivity contribution is -0.0498. The maximum Gasteiger partial charge on any atom is 0.387 e. The second kappa shape index (κ2) is 13.4. The summed E-state index contributed by atoms with van der Waals surface area (Å²) in [5.41, 5.74) is 1.52. The predicted octanol–water partition coefficient (Wildman–Crippen LogP) is 3.88. The Bertz CT molecular complexity index is 834. The van der Waals surface area contributed by atoms with Crippen molar-refractivity contribution in [1.82, 2.24) is 15.6 Å². The maximum atomic E-state index is 12.2. The first-order chi connectivity index (χ1) is 15.0. The highest BCUT2D eigenvalue weighted by atomic mass is 127. The maximum absolute atomic E-state index is 12.2. The number of aliphatic hydroxyl groups is 1. The standard InChI is InChI=1S/C22H28F2N4O3.HI/c1-2-25-22(27-12-16-5-10-20(26-11-16)30-14-15-3-4-15)28-13-19(29)17-6-8-18(9-7-17)31-21(23)24;/h5-11,15,19,21,29H,2-4,12-14H2,1H3,(H2,25,27,28);1H. The fourth-order valence-electron chi connectivity index (χ4n) is 2.77. The van der Waals surface area contributed by atoms with E-state index in [1.807, 2.05) is 19.1 Å². The smallest absolute Gasteiger partial charge is 0.387 e. The molecule has 1 atom stereocenters. The number of aliphatic hydroxyl groups excluding tert-OH is 1. The van der Waals surface area contributed by atoms with Crippen molar-refractivity contribution >= 4 is 29.9 Å². The van der Waals surface area contributed by atoms with E-state index in [1.165, 1.54) is 25.0 Å². The predicted molar refractivity (Wildman–Crippen MR) is 129 cm³/mol. The van der Waals surface area contributed by atoms with Gasteiger partial charge < -0.3 is 25.2 Å². The molecule has 1 unspecified atom stereocenters. The van der Waals surface area contributed by atoms with E-state index in [2.05, 4.69) is 25.3 Å². The summed E-state index contributed by atoms with van der Waals surface area (Å²) >= 11 is 0. The van der Waals surface area contributed by atoms with Gasteiger partial charge in [0.15, 0.2) is 5.96 Å². The molecule has 1 fully saturated rings. The quantitative estimate of drug-likeness (QED) is 0.219. The largest absolute Gasteiger partial charge is 0.477 e. The van der Waals surface area contributed by atoms with Crippen molar-refractivity contribution in [2.24, 2.45) is 10.9 Å². The first-order valence-electron chi connectivity index (χ1n) is 10.4. The van der Waals surface area contributed by atoms with Gasteiger partial charge in [-0.25, -0.2) is 9.98 Å². The molecule has 1 aromatic heterocycles. The number of hydrogen-bond donors (Lipinski definition) is 3. The van der Waals surface area contributed by atoms with Gasteiger partial charge in [0.05, 0.1) is 19.3 Å². The lowest BCUT2D eigenvalue weighted by Gasteiger charge is -2.16. The number of benzene rings is 1. The summed E-state index contributed by atoms with van der Waals surface area (Å²) in [6.07, 6.45) is 3.38. The topological polar surface area (TPSA) is 88.0 Å². The summed E-state index contributed by atoms with van der Waals surface area (Å²) in [6.45, 7) is 1.08. The number of aromatic nitrogens is 1. The molecule has 0 aliphatic heterocycles. The van der Waals surface area contributed by atoms with Gasteiger partial charge in [-0.15, -0.1) is 24.0 Å². The molecule has 3 N–H and O–H groups in total. The van der Waals surface area contributed by atoms with E-state index < -0.39 is 12.7 Å². The normalized spacial score (nSPS) is 14.5. The van der Waals surface area contributed by atoms with Gasteiger partial charge in [0.1, 0.15) is 5.75 Å². The molecule has 0 amide bonds. The zero-order chi connectivity index (χ0) is 22.1. The van der Waals surface area contributed by atoms with E-state index in [-0.39, 0.29) is 36.3 Å². The Kier molecular flexibility index (Phi) is 10.9. The lowest BCUT2D eigenvalue weighted by atomic mass is 10.1. The van der Waals surface area contributed by atoms with E-state index in [9.17, 15) is 13.9 Å². The van der Waals surface area contributed by atoms with Crippen molar-refractivity contribution in [2.45, 2.75) is 39.0 Å². The number of ether oxygens (including phenoxy) is 2. The van der Waals surface area contributed by atoms with Crippen molar-refractivity contribution < 1.29 is 23.4 Å². The molecule has 0 spiro atoms. The van der Waals surface area contributed by atoms with Crippen LogP contribution < -0.4 is 20.1 Å². The summed E-state index contributed by atoms with van der Waals surface area (Å²) in [6, 6.07) is 9.67. The van der Waals surface area contributed by atoms with Gasteiger partial charge in [-0.3, -0.25) is 0 Å². The van der Waals surface area contributed by atoms with Crippen molar-refractivity contribution in [1.29, 1.82) is 0 Å². The van der Waals surface area contributed by atoms with Crippen molar-refractivity contribution in [3.63, 3.8) is 0 Å². The second-order valence-corrected chi connectivity index (χ2v) is 7.30. The Morgan fingerprint density at radius 1 is 1.19 bits per heavy atom. The number of guanidine groups is 1. The van der Waals surface area contributed by atoms with E-state index in [1.54, 1.807) is 18.3 Å². The van der Waals surface area contributed by atoms with E-state index in [4.69, 9.17) is 4.74 Å². The minimum Gasteiger partial charge on any atom is -0.477 e. The van der Waals surface area contributed by atoms with E-state index in [0.717, 1.165) is 12.2 Å². The molecule has 0 radical (unpaired) electrons. The fraction of sp³-hybridized carbons (Fsp3) is 0.455. The van der Waals surface area contributed by atoms with Crippen molar-refractivity contribution in [3.05, 3.63) is 53.7 Å². The zero-order valence-corrected chi connectivity index (χ0v) is 20.2. The Morgan fingerprint density at radius 2 is 1.94 bits per heavy atom. The lowest BCUT2D eigenvalue weighted by Crippen LogP contribution is -2.39. The fourth-order valence-corrected chi connectivity index (χ4v) is 2.77. The molecular formula is C22H29F2IN4O3. The molecule has 1 aliphatic rings. The Labute approximate surface area is 203 Å². The molecule has 7 nitrogen and oxygen atoms in total. The number of pyridine rings is 1. The zero-order valence-electron chi connectivity index (χ0n) is 17.8. The molecule has 32 heavy (non-hydrogen) atoms. The number of nitrogens with one attached hydrogen (secondary N) is 2. The summed E-state index contributed by atoms with van der Waals surface area (Å²) in [7, 11) is 0. The first kappa shape index (κ1) is 26.0. The Balaban J connectivity index is 0.00000363. The summed E-state index contributed by atoms with van der Waals surface area (Å²) in [5.74, 6) is 1.90. The number of nitrogens with zero attached hydrogens (tertiary/aromatic N) is 2. The minimum absolute atomic E-state index is 0. The van der Waals surface area contributed by atoms with Crippen LogP contribution in [0.4, 0.5) is 8.78 Å². The van der Waals surface area contributed by atoms with Crippen LogP contribution >= 0.6 is 24.0 Å². The van der Waals surface area contributed by atoms with Gasteiger partial charge in [-0.2, -0.15) is 8.78 Å². The molecular weight excluding hydrogens is 533 g/mol. The molecule has 1 aliphatic carbocycles. The van der Waals surface area contributed by atoms with Crippen LogP contribution in [-0.4, -0.2) is 42.4 Å². The number of halogens is 3. The monoisotopic (exact) mass is 562 g/mol. The van der Waals surface area contributed by atoms with Gasteiger partial charge in [-0.05, 0) is 48.9 Å². The summed E-state index contributed by atoms with van der Waals surface area (Å²) < 4.78 is 34.4. The third kappa shape index (κ3) is 9.11. The SMILES string of the molecule is CCNC(=NCc1ccc(OCC2CC2)nc1)NCC(O)c1ccc(OC(F)F)cc1.I. The Morgan fingerprint density at radius 3 is 2.53 bits per heavy atom. The van der Waals surface area contributed by atoms with Crippen LogP contribution in [0.1, 0.15) is 37.0 Å². The molecule has 0 bridgehead atoms. The molecule has 2 aromatic rings. The Hall–Kier alpha value is -2.21. The minimum atomic E-state index is -2.88. The van der Waals surface area contributed by atoms with Crippen LogP contribution in [0.25, 0.3) is 0 Å². The third-order valence-corrected chi connectivity index (χ3v) is 4.68. The molecule has 0 saturated heterocycles. The molecule has 176 valence electrons.